The third kappa shape index (κ3) is 2.78. The molecule has 0 bridgehead atoms. The molecule has 0 fully saturated rings. The molecule has 0 N–H and O–H groups in total. The van der Waals surface area contributed by atoms with Crippen LogP contribution in [0, 0.1) is 0 Å². The van der Waals surface area contributed by atoms with Crippen molar-refractivity contribution in [2.75, 3.05) is 0 Å². The van der Waals surface area contributed by atoms with Gasteiger partial charge in [0.05, 0.1) is 0 Å². The molecule has 0 spiro atoms. The number of benzene rings is 1. The summed E-state index contributed by atoms with van der Waals surface area (Å²) < 4.78 is 2.51. The number of aromatic nitrogens is 2. The second kappa shape index (κ2) is 6.78. The van der Waals surface area contributed by atoms with E-state index in [4.69, 9.17) is 0 Å². The van der Waals surface area contributed by atoms with Gasteiger partial charge in [-0.1, -0.05) is 38.5 Å². The average molecular weight is 292 g/mol. The summed E-state index contributed by atoms with van der Waals surface area (Å²) in [6.45, 7) is 5.47. The zero-order valence-electron chi connectivity index (χ0n) is 13.5. The molecular weight excluding hydrogens is 268 g/mol. The lowest BCUT2D eigenvalue weighted by Crippen LogP contribution is -2.06. The molecule has 0 unspecified atom stereocenters. The van der Waals surface area contributed by atoms with Crippen LogP contribution in [-0.2, 0) is 19.4 Å². The van der Waals surface area contributed by atoms with E-state index in [0.29, 0.717) is 0 Å². The van der Waals surface area contributed by atoms with Crippen molar-refractivity contribution in [3.8, 4) is 0 Å². The molecular formula is C20H24N2. The second-order valence-electron chi connectivity index (χ2n) is 5.84. The molecule has 2 aromatic heterocycles. The summed E-state index contributed by atoms with van der Waals surface area (Å²) in [6.07, 6.45) is 8.52. The van der Waals surface area contributed by atoms with Crippen molar-refractivity contribution in [1.29, 1.82) is 0 Å². The van der Waals surface area contributed by atoms with Crippen LogP contribution in [0.4, 0.5) is 0 Å². The summed E-state index contributed by atoms with van der Waals surface area (Å²) in [6, 6.07) is 13.1. The van der Waals surface area contributed by atoms with Crippen LogP contribution in [0.2, 0.25) is 0 Å². The monoisotopic (exact) mass is 292 g/mol. The molecule has 2 nitrogen and oxygen atoms in total. The van der Waals surface area contributed by atoms with Gasteiger partial charge in [0.1, 0.15) is 0 Å². The van der Waals surface area contributed by atoms with E-state index in [-0.39, 0.29) is 0 Å². The minimum absolute atomic E-state index is 0.933. The fraction of sp³-hybridized carbons (Fsp3) is 0.350. The van der Waals surface area contributed by atoms with E-state index in [0.717, 1.165) is 13.0 Å². The van der Waals surface area contributed by atoms with Gasteiger partial charge in [0.15, 0.2) is 0 Å². The molecule has 0 aliphatic rings. The van der Waals surface area contributed by atoms with Gasteiger partial charge in [-0.3, -0.25) is 4.98 Å². The van der Waals surface area contributed by atoms with Gasteiger partial charge in [0.2, 0.25) is 0 Å². The zero-order chi connectivity index (χ0) is 15.4. The van der Waals surface area contributed by atoms with Crippen LogP contribution < -0.4 is 0 Å². The Kier molecular flexibility index (Phi) is 4.57. The molecule has 22 heavy (non-hydrogen) atoms. The Morgan fingerprint density at radius 1 is 1.00 bits per heavy atom. The third-order valence-corrected chi connectivity index (χ3v) is 4.40. The number of aryl methyl sites for hydroxylation is 1. The predicted molar refractivity (Wildman–Crippen MR) is 93.3 cm³/mol. The zero-order valence-corrected chi connectivity index (χ0v) is 13.5. The average Bonchev–Trinajstić information content (AvgIpc) is 2.87. The number of unbranched alkanes of at least 4 members (excludes halogenated alkanes) is 1. The van der Waals surface area contributed by atoms with Gasteiger partial charge in [0, 0.05) is 35.5 Å². The molecule has 3 aromatic rings. The lowest BCUT2D eigenvalue weighted by Gasteiger charge is -2.12. The highest BCUT2D eigenvalue weighted by molar-refractivity contribution is 5.85. The third-order valence-electron chi connectivity index (χ3n) is 4.40. The smallest absolute Gasteiger partial charge is 0.0488 e. The highest BCUT2D eigenvalue weighted by Gasteiger charge is 2.15. The van der Waals surface area contributed by atoms with E-state index >= 15 is 0 Å². The predicted octanol–water partition coefficient (Wildman–Crippen LogP) is 4.99. The molecule has 114 valence electrons. The Morgan fingerprint density at radius 2 is 1.77 bits per heavy atom. The molecule has 2 heteroatoms. The van der Waals surface area contributed by atoms with Crippen LogP contribution in [0.15, 0.2) is 48.8 Å². The molecule has 0 amide bonds. The Hall–Kier alpha value is -2.09. The standard InChI is InChI=1S/C20H24N2/c1-3-5-9-19-17(4-2)18-8-6-7-10-20(18)22(19)15-16-11-13-21-14-12-16/h6-8,10-14H,3-5,9,15H2,1-2H3. The first-order valence-electron chi connectivity index (χ1n) is 8.33. The van der Waals surface area contributed by atoms with Gasteiger partial charge in [0.25, 0.3) is 0 Å². The van der Waals surface area contributed by atoms with Crippen LogP contribution in [0.5, 0.6) is 0 Å². The molecule has 0 aliphatic carbocycles. The summed E-state index contributed by atoms with van der Waals surface area (Å²) in [5, 5.41) is 1.42. The highest BCUT2D eigenvalue weighted by atomic mass is 15.0. The number of fused-ring (bicyclic) bond motifs is 1. The number of para-hydroxylation sites is 1. The number of nitrogens with zero attached hydrogens (tertiary/aromatic N) is 2. The van der Waals surface area contributed by atoms with Crippen LogP contribution in [0.1, 0.15) is 43.5 Å². The molecule has 0 radical (unpaired) electrons. The minimum Gasteiger partial charge on any atom is -0.340 e. The van der Waals surface area contributed by atoms with E-state index in [2.05, 4.69) is 59.8 Å². The number of rotatable bonds is 6. The normalized spacial score (nSPS) is 11.2. The topological polar surface area (TPSA) is 17.8 Å². The number of pyridine rings is 1. The quantitative estimate of drug-likeness (QED) is 0.626. The van der Waals surface area contributed by atoms with Crippen molar-refractivity contribution in [2.45, 2.75) is 46.1 Å². The fourth-order valence-electron chi connectivity index (χ4n) is 3.30. The molecule has 0 saturated heterocycles. The van der Waals surface area contributed by atoms with Gasteiger partial charge in [-0.05, 0) is 48.6 Å². The van der Waals surface area contributed by atoms with Gasteiger partial charge in [-0.25, -0.2) is 0 Å². The van der Waals surface area contributed by atoms with Crippen molar-refractivity contribution in [3.63, 3.8) is 0 Å². The van der Waals surface area contributed by atoms with Gasteiger partial charge >= 0.3 is 0 Å². The van der Waals surface area contributed by atoms with Crippen LogP contribution in [-0.4, -0.2) is 9.55 Å². The van der Waals surface area contributed by atoms with E-state index < -0.39 is 0 Å². The summed E-state index contributed by atoms with van der Waals surface area (Å²) in [4.78, 5) is 4.13. The van der Waals surface area contributed by atoms with Crippen molar-refractivity contribution in [3.05, 3.63) is 65.6 Å². The van der Waals surface area contributed by atoms with Crippen molar-refractivity contribution in [2.24, 2.45) is 0 Å². The van der Waals surface area contributed by atoms with Crippen molar-refractivity contribution in [1.82, 2.24) is 9.55 Å². The first kappa shape index (κ1) is 14.8. The molecule has 2 heterocycles. The maximum Gasteiger partial charge on any atom is 0.0488 e. The molecule has 0 saturated carbocycles. The SMILES string of the molecule is CCCCc1c(CC)c2ccccc2n1Cc1ccncc1. The molecule has 0 atom stereocenters. The van der Waals surface area contributed by atoms with Gasteiger partial charge in [-0.15, -0.1) is 0 Å². The Balaban J connectivity index is 2.12. The fourth-order valence-corrected chi connectivity index (χ4v) is 3.30. The van der Waals surface area contributed by atoms with Crippen LogP contribution in [0.25, 0.3) is 10.9 Å². The summed E-state index contributed by atoms with van der Waals surface area (Å²) in [5.41, 5.74) is 5.72. The van der Waals surface area contributed by atoms with E-state index in [1.54, 1.807) is 0 Å². The van der Waals surface area contributed by atoms with E-state index in [1.165, 1.54) is 47.0 Å². The number of hydrogen-bond acceptors (Lipinski definition) is 1. The van der Waals surface area contributed by atoms with Crippen molar-refractivity contribution >= 4 is 10.9 Å². The number of hydrogen-bond donors (Lipinski definition) is 0. The highest BCUT2D eigenvalue weighted by Crippen LogP contribution is 2.29. The van der Waals surface area contributed by atoms with Crippen LogP contribution in [0.3, 0.4) is 0 Å². The lowest BCUT2D eigenvalue weighted by molar-refractivity contribution is 0.702. The summed E-state index contributed by atoms with van der Waals surface area (Å²) >= 11 is 0. The van der Waals surface area contributed by atoms with E-state index in [9.17, 15) is 0 Å². The molecule has 3 rings (SSSR count). The Bertz CT molecular complexity index is 741. The van der Waals surface area contributed by atoms with Gasteiger partial charge in [-0.2, -0.15) is 0 Å². The lowest BCUT2D eigenvalue weighted by atomic mass is 10.1. The van der Waals surface area contributed by atoms with Crippen LogP contribution >= 0.6 is 0 Å². The Labute approximate surface area is 132 Å². The maximum atomic E-state index is 4.13. The summed E-state index contributed by atoms with van der Waals surface area (Å²) in [7, 11) is 0. The minimum atomic E-state index is 0.933. The van der Waals surface area contributed by atoms with E-state index in [1.807, 2.05) is 12.4 Å². The van der Waals surface area contributed by atoms with Crippen molar-refractivity contribution < 1.29 is 0 Å². The largest absolute Gasteiger partial charge is 0.340 e. The second-order valence-corrected chi connectivity index (χ2v) is 5.84. The maximum absolute atomic E-state index is 4.13. The summed E-state index contributed by atoms with van der Waals surface area (Å²) in [5.74, 6) is 0. The Morgan fingerprint density at radius 3 is 2.50 bits per heavy atom. The molecule has 1 aromatic carbocycles. The first-order chi connectivity index (χ1) is 10.8. The molecule has 0 aliphatic heterocycles. The van der Waals surface area contributed by atoms with Gasteiger partial charge < -0.3 is 4.57 Å². The first-order valence-corrected chi connectivity index (χ1v) is 8.33.